The fourth-order valence-corrected chi connectivity index (χ4v) is 3.04. The lowest BCUT2D eigenvalue weighted by molar-refractivity contribution is 0.353. The molecular formula is C20H20N6O2. The van der Waals surface area contributed by atoms with Gasteiger partial charge in [-0.25, -0.2) is 14.5 Å². The van der Waals surface area contributed by atoms with Gasteiger partial charge in [-0.2, -0.15) is 10.1 Å². The number of fused-ring (bicyclic) bond motifs is 1. The van der Waals surface area contributed by atoms with Crippen LogP contribution in [0.5, 0.6) is 11.9 Å². The van der Waals surface area contributed by atoms with E-state index in [2.05, 4.69) is 37.1 Å². The van der Waals surface area contributed by atoms with E-state index in [9.17, 15) is 0 Å². The van der Waals surface area contributed by atoms with E-state index in [-0.39, 0.29) is 6.01 Å². The van der Waals surface area contributed by atoms with Gasteiger partial charge in [0.2, 0.25) is 5.88 Å². The highest BCUT2D eigenvalue weighted by Crippen LogP contribution is 2.31. The third-order valence-electron chi connectivity index (χ3n) is 4.40. The Bertz CT molecular complexity index is 1100. The van der Waals surface area contributed by atoms with Gasteiger partial charge in [0.05, 0.1) is 25.5 Å². The molecule has 0 saturated carbocycles. The number of methoxy groups -OCH3 is 2. The van der Waals surface area contributed by atoms with Crippen LogP contribution in [0.25, 0.3) is 16.9 Å². The molecule has 0 amide bonds. The number of hydrogen-bond donors (Lipinski definition) is 0. The Morgan fingerprint density at radius 3 is 2.64 bits per heavy atom. The first-order chi connectivity index (χ1) is 13.7. The predicted octanol–water partition coefficient (Wildman–Crippen LogP) is 2.84. The average molecular weight is 376 g/mol. The quantitative estimate of drug-likeness (QED) is 0.512. The van der Waals surface area contributed by atoms with Crippen molar-refractivity contribution in [2.75, 3.05) is 26.2 Å². The van der Waals surface area contributed by atoms with Crippen LogP contribution < -0.4 is 14.4 Å². The summed E-state index contributed by atoms with van der Waals surface area (Å²) in [4.78, 5) is 15.1. The molecule has 8 heteroatoms. The highest BCUT2D eigenvalue weighted by molar-refractivity contribution is 5.75. The number of benzene rings is 1. The molecule has 4 aromatic rings. The maximum absolute atomic E-state index is 5.42. The molecule has 0 saturated heterocycles. The third-order valence-corrected chi connectivity index (χ3v) is 4.40. The van der Waals surface area contributed by atoms with Gasteiger partial charge in [-0.3, -0.25) is 0 Å². The van der Waals surface area contributed by atoms with E-state index in [0.717, 1.165) is 17.9 Å². The Balaban J connectivity index is 1.79. The number of hydrogen-bond acceptors (Lipinski definition) is 7. The van der Waals surface area contributed by atoms with E-state index in [1.54, 1.807) is 24.0 Å². The summed E-state index contributed by atoms with van der Waals surface area (Å²) >= 11 is 0. The second-order valence-corrected chi connectivity index (χ2v) is 6.23. The molecule has 28 heavy (non-hydrogen) atoms. The molecule has 0 fully saturated rings. The lowest BCUT2D eigenvalue weighted by Crippen LogP contribution is -2.18. The Morgan fingerprint density at radius 1 is 1.07 bits per heavy atom. The summed E-state index contributed by atoms with van der Waals surface area (Å²) in [5, 5.41) is 4.65. The maximum atomic E-state index is 5.42. The van der Waals surface area contributed by atoms with Crippen LogP contribution in [-0.2, 0) is 6.54 Å². The fourth-order valence-electron chi connectivity index (χ4n) is 3.04. The van der Waals surface area contributed by atoms with Crippen LogP contribution in [0.2, 0.25) is 0 Å². The van der Waals surface area contributed by atoms with Gasteiger partial charge in [-0.1, -0.05) is 30.3 Å². The number of anilines is 1. The van der Waals surface area contributed by atoms with Gasteiger partial charge in [0, 0.05) is 32.2 Å². The summed E-state index contributed by atoms with van der Waals surface area (Å²) in [6.07, 6.45) is 5.19. The van der Waals surface area contributed by atoms with Crippen LogP contribution in [0.3, 0.4) is 0 Å². The molecular weight excluding hydrogens is 356 g/mol. The van der Waals surface area contributed by atoms with Crippen LogP contribution in [0.4, 0.5) is 5.69 Å². The zero-order chi connectivity index (χ0) is 19.5. The molecule has 0 radical (unpaired) electrons. The molecule has 0 aliphatic rings. The first-order valence-electron chi connectivity index (χ1n) is 8.74. The van der Waals surface area contributed by atoms with Gasteiger partial charge in [0.15, 0.2) is 5.65 Å². The Labute approximate surface area is 162 Å². The molecule has 0 aliphatic heterocycles. The summed E-state index contributed by atoms with van der Waals surface area (Å²) < 4.78 is 12.3. The van der Waals surface area contributed by atoms with Crippen molar-refractivity contribution in [2.45, 2.75) is 6.54 Å². The van der Waals surface area contributed by atoms with E-state index < -0.39 is 0 Å². The summed E-state index contributed by atoms with van der Waals surface area (Å²) in [5.74, 6) is 0.399. The third kappa shape index (κ3) is 3.32. The molecule has 3 aromatic heterocycles. The Morgan fingerprint density at radius 2 is 1.89 bits per heavy atom. The van der Waals surface area contributed by atoms with Crippen molar-refractivity contribution in [2.24, 2.45) is 0 Å². The minimum atomic E-state index is 0.241. The maximum Gasteiger partial charge on any atom is 0.319 e. The first kappa shape index (κ1) is 17.7. The van der Waals surface area contributed by atoms with E-state index in [0.29, 0.717) is 17.1 Å². The molecule has 0 spiro atoms. The summed E-state index contributed by atoms with van der Waals surface area (Å²) in [6.45, 7) is 0.739. The summed E-state index contributed by atoms with van der Waals surface area (Å²) in [6, 6.07) is 12.5. The Hall–Kier alpha value is -3.68. The van der Waals surface area contributed by atoms with Gasteiger partial charge >= 0.3 is 6.01 Å². The molecule has 0 bridgehead atoms. The largest absolute Gasteiger partial charge is 0.480 e. The second-order valence-electron chi connectivity index (χ2n) is 6.23. The predicted molar refractivity (Wildman–Crippen MR) is 106 cm³/mol. The molecule has 3 heterocycles. The van der Waals surface area contributed by atoms with Crippen LogP contribution in [0.1, 0.15) is 5.56 Å². The number of aromatic nitrogens is 5. The highest BCUT2D eigenvalue weighted by atomic mass is 16.5. The minimum absolute atomic E-state index is 0.241. The molecule has 0 unspecified atom stereocenters. The van der Waals surface area contributed by atoms with Crippen LogP contribution in [-0.4, -0.2) is 45.8 Å². The monoisotopic (exact) mass is 376 g/mol. The van der Waals surface area contributed by atoms with Crippen molar-refractivity contribution in [3.05, 3.63) is 60.6 Å². The van der Waals surface area contributed by atoms with Gasteiger partial charge < -0.3 is 14.4 Å². The van der Waals surface area contributed by atoms with Crippen LogP contribution in [0, 0.1) is 0 Å². The zero-order valence-electron chi connectivity index (χ0n) is 15.9. The molecule has 1 aromatic carbocycles. The SMILES string of the molecule is COc1ncc(-c2cc(N(C)Cc3ccccc3)c3nccn3n2)c(OC)n1. The van der Waals surface area contributed by atoms with E-state index in [4.69, 9.17) is 9.47 Å². The molecule has 142 valence electrons. The van der Waals surface area contributed by atoms with E-state index in [1.807, 2.05) is 37.5 Å². The molecule has 0 N–H and O–H groups in total. The number of ether oxygens (including phenoxy) is 2. The van der Waals surface area contributed by atoms with Gasteiger partial charge in [-0.15, -0.1) is 0 Å². The molecule has 8 nitrogen and oxygen atoms in total. The smallest absolute Gasteiger partial charge is 0.319 e. The van der Waals surface area contributed by atoms with Gasteiger partial charge in [-0.05, 0) is 11.6 Å². The van der Waals surface area contributed by atoms with Crippen LogP contribution >= 0.6 is 0 Å². The lowest BCUT2D eigenvalue weighted by atomic mass is 10.2. The zero-order valence-corrected chi connectivity index (χ0v) is 15.9. The van der Waals surface area contributed by atoms with Crippen molar-refractivity contribution in [1.29, 1.82) is 0 Å². The Kier molecular flexibility index (Phi) is 4.76. The summed E-state index contributed by atoms with van der Waals surface area (Å²) in [5.41, 5.74) is 4.28. The van der Waals surface area contributed by atoms with Crippen molar-refractivity contribution >= 4 is 11.3 Å². The van der Waals surface area contributed by atoms with Crippen molar-refractivity contribution < 1.29 is 9.47 Å². The van der Waals surface area contributed by atoms with Crippen LogP contribution in [0.15, 0.2) is 55.0 Å². The fraction of sp³-hybridized carbons (Fsp3) is 0.200. The second kappa shape index (κ2) is 7.51. The molecule has 0 atom stereocenters. The highest BCUT2D eigenvalue weighted by Gasteiger charge is 2.17. The van der Waals surface area contributed by atoms with E-state index >= 15 is 0 Å². The topological polar surface area (TPSA) is 77.7 Å². The number of imidazole rings is 1. The minimum Gasteiger partial charge on any atom is -0.480 e. The first-order valence-corrected chi connectivity index (χ1v) is 8.74. The standard InChI is InChI=1S/C20H20N6O2/c1-25(13-14-7-5-4-6-8-14)17-11-16(24-26-10-9-21-18(17)26)15-12-22-20(28-3)23-19(15)27-2/h4-12H,13H2,1-3H3. The van der Waals surface area contributed by atoms with Gasteiger partial charge in [0.25, 0.3) is 0 Å². The van der Waals surface area contributed by atoms with Crippen molar-refractivity contribution in [3.8, 4) is 23.1 Å². The number of nitrogens with zero attached hydrogens (tertiary/aromatic N) is 6. The van der Waals surface area contributed by atoms with Crippen molar-refractivity contribution in [3.63, 3.8) is 0 Å². The molecule has 0 aliphatic carbocycles. The van der Waals surface area contributed by atoms with Gasteiger partial charge in [0.1, 0.15) is 5.69 Å². The summed E-state index contributed by atoms with van der Waals surface area (Å²) in [7, 11) is 5.10. The average Bonchev–Trinajstić information content (AvgIpc) is 3.21. The molecule has 4 rings (SSSR count). The van der Waals surface area contributed by atoms with E-state index in [1.165, 1.54) is 12.7 Å². The lowest BCUT2D eigenvalue weighted by Gasteiger charge is -2.21. The number of rotatable bonds is 6. The normalized spacial score (nSPS) is 10.8. The van der Waals surface area contributed by atoms with Crippen molar-refractivity contribution in [1.82, 2.24) is 24.6 Å².